The maximum absolute atomic E-state index is 12.6. The van der Waals surface area contributed by atoms with Crippen LogP contribution in [0.5, 0.6) is 5.75 Å². The van der Waals surface area contributed by atoms with Crippen molar-refractivity contribution < 1.29 is 14.3 Å². The lowest BCUT2D eigenvalue weighted by Gasteiger charge is -2.36. The van der Waals surface area contributed by atoms with Crippen LogP contribution in [0.1, 0.15) is 23.2 Å². The van der Waals surface area contributed by atoms with Crippen LogP contribution in [0.25, 0.3) is 0 Å². The predicted molar refractivity (Wildman–Crippen MR) is 86.1 cm³/mol. The summed E-state index contributed by atoms with van der Waals surface area (Å²) in [5.41, 5.74) is 5.83. The molecule has 1 amide bonds. The first-order valence-electron chi connectivity index (χ1n) is 7.15. The van der Waals surface area contributed by atoms with E-state index in [1.807, 2.05) is 6.07 Å². The number of carbonyl (C=O) groups excluding carboxylic acids is 1. The van der Waals surface area contributed by atoms with E-state index in [4.69, 9.17) is 15.2 Å². The molecule has 1 aromatic carbocycles. The van der Waals surface area contributed by atoms with Crippen molar-refractivity contribution in [1.29, 1.82) is 0 Å². The Kier molecular flexibility index (Phi) is 4.10. The molecule has 2 aliphatic heterocycles. The van der Waals surface area contributed by atoms with Crippen LogP contribution in [0.3, 0.4) is 0 Å². The number of ether oxygens (including phenoxy) is 2. The second-order valence-corrected chi connectivity index (χ2v) is 6.54. The Morgan fingerprint density at radius 2 is 2.27 bits per heavy atom. The molecule has 0 saturated carbocycles. The quantitative estimate of drug-likeness (QED) is 0.757. The molecule has 0 aromatic heterocycles. The molecule has 1 spiro atoms. The number of hydrogen-bond donors (Lipinski definition) is 1. The number of carbonyl (C=O) groups is 1. The van der Waals surface area contributed by atoms with E-state index in [1.54, 1.807) is 19.2 Å². The van der Waals surface area contributed by atoms with Gasteiger partial charge in [0.2, 0.25) is 0 Å². The molecular weight excluding hydrogens is 350 g/mol. The van der Waals surface area contributed by atoms with Crippen LogP contribution in [-0.2, 0) is 4.74 Å². The Balaban J connectivity index is 2.09. The van der Waals surface area contributed by atoms with E-state index in [9.17, 15) is 4.79 Å². The second-order valence-electron chi connectivity index (χ2n) is 5.62. The van der Waals surface area contributed by atoms with Crippen LogP contribution in [0.2, 0.25) is 0 Å². The lowest BCUT2D eigenvalue weighted by Crippen LogP contribution is -2.47. The standard InChI is InChI=1S/C15H18BrN3O3/c1-19-13(20)11-7-10(16)3-4-12(11)22-15(8-18-14(19)17)5-2-6-21-9-15/h3-4,7H,2,5-6,8-9H2,1H3,(H2,17,18)/t15-/m1/s1. The summed E-state index contributed by atoms with van der Waals surface area (Å²) in [7, 11) is 1.61. The zero-order valence-electron chi connectivity index (χ0n) is 12.3. The fraction of sp³-hybridized carbons (Fsp3) is 0.467. The van der Waals surface area contributed by atoms with Crippen molar-refractivity contribution in [1.82, 2.24) is 4.90 Å². The first-order valence-corrected chi connectivity index (χ1v) is 7.94. The van der Waals surface area contributed by atoms with Crippen molar-refractivity contribution in [3.63, 3.8) is 0 Å². The van der Waals surface area contributed by atoms with Gasteiger partial charge in [-0.05, 0) is 31.0 Å². The van der Waals surface area contributed by atoms with Gasteiger partial charge in [0, 0.05) is 18.1 Å². The van der Waals surface area contributed by atoms with E-state index in [-0.39, 0.29) is 11.9 Å². The highest BCUT2D eigenvalue weighted by Crippen LogP contribution is 2.32. The summed E-state index contributed by atoms with van der Waals surface area (Å²) < 4.78 is 12.6. The first-order chi connectivity index (χ1) is 10.5. The molecule has 2 aliphatic rings. The van der Waals surface area contributed by atoms with Crippen molar-refractivity contribution in [3.8, 4) is 5.75 Å². The molecule has 3 rings (SSSR count). The lowest BCUT2D eigenvalue weighted by molar-refractivity contribution is -0.0618. The van der Waals surface area contributed by atoms with Crippen molar-refractivity contribution in [2.24, 2.45) is 10.7 Å². The molecule has 22 heavy (non-hydrogen) atoms. The number of aliphatic imine (C=N–C) groups is 1. The third-order valence-corrected chi connectivity index (χ3v) is 4.46. The van der Waals surface area contributed by atoms with Gasteiger partial charge in [-0.15, -0.1) is 0 Å². The number of hydrogen-bond acceptors (Lipinski definition) is 5. The molecule has 1 aromatic rings. The van der Waals surface area contributed by atoms with Crippen LogP contribution >= 0.6 is 15.9 Å². The predicted octanol–water partition coefficient (Wildman–Crippen LogP) is 1.78. The number of guanidine groups is 1. The topological polar surface area (TPSA) is 77.2 Å². The molecule has 118 valence electrons. The highest BCUT2D eigenvalue weighted by molar-refractivity contribution is 9.10. The van der Waals surface area contributed by atoms with Gasteiger partial charge in [-0.1, -0.05) is 15.9 Å². The van der Waals surface area contributed by atoms with Gasteiger partial charge in [-0.3, -0.25) is 9.69 Å². The fourth-order valence-electron chi connectivity index (χ4n) is 2.67. The largest absolute Gasteiger partial charge is 0.482 e. The van der Waals surface area contributed by atoms with Gasteiger partial charge in [0.05, 0.1) is 18.7 Å². The zero-order valence-corrected chi connectivity index (χ0v) is 13.9. The summed E-state index contributed by atoms with van der Waals surface area (Å²) >= 11 is 3.39. The Morgan fingerprint density at radius 1 is 1.45 bits per heavy atom. The van der Waals surface area contributed by atoms with E-state index in [0.29, 0.717) is 24.5 Å². The van der Waals surface area contributed by atoms with Gasteiger partial charge >= 0.3 is 0 Å². The fourth-order valence-corrected chi connectivity index (χ4v) is 3.03. The van der Waals surface area contributed by atoms with Gasteiger partial charge < -0.3 is 15.2 Å². The molecule has 1 atom stereocenters. The number of halogens is 1. The molecular formula is C15H18BrN3O3. The van der Waals surface area contributed by atoms with Crippen LogP contribution in [-0.4, -0.2) is 49.2 Å². The van der Waals surface area contributed by atoms with Gasteiger partial charge in [-0.2, -0.15) is 0 Å². The van der Waals surface area contributed by atoms with E-state index < -0.39 is 5.60 Å². The summed E-state index contributed by atoms with van der Waals surface area (Å²) in [4.78, 5) is 18.3. The van der Waals surface area contributed by atoms with E-state index in [0.717, 1.165) is 23.9 Å². The molecule has 0 radical (unpaired) electrons. The molecule has 1 saturated heterocycles. The van der Waals surface area contributed by atoms with Crippen molar-refractivity contribution >= 4 is 27.8 Å². The molecule has 1 fully saturated rings. The third kappa shape index (κ3) is 2.83. The molecule has 2 heterocycles. The first kappa shape index (κ1) is 15.3. The average molecular weight is 368 g/mol. The highest BCUT2D eigenvalue weighted by atomic mass is 79.9. The molecule has 2 N–H and O–H groups in total. The molecule has 6 nitrogen and oxygen atoms in total. The van der Waals surface area contributed by atoms with Gasteiger partial charge in [-0.25, -0.2) is 4.99 Å². The monoisotopic (exact) mass is 367 g/mol. The van der Waals surface area contributed by atoms with E-state index in [2.05, 4.69) is 20.9 Å². The number of nitrogens with two attached hydrogens (primary N) is 1. The van der Waals surface area contributed by atoms with E-state index in [1.165, 1.54) is 4.90 Å². The third-order valence-electron chi connectivity index (χ3n) is 3.96. The number of benzene rings is 1. The Labute approximate surface area is 137 Å². The highest BCUT2D eigenvalue weighted by Gasteiger charge is 2.38. The summed E-state index contributed by atoms with van der Waals surface area (Å²) in [6.45, 7) is 1.53. The number of nitrogens with zero attached hydrogens (tertiary/aromatic N) is 2. The van der Waals surface area contributed by atoms with Crippen molar-refractivity contribution in [2.45, 2.75) is 18.4 Å². The lowest BCUT2D eigenvalue weighted by atomic mass is 9.96. The minimum Gasteiger partial charge on any atom is -0.482 e. The minimum absolute atomic E-state index is 0.186. The Morgan fingerprint density at radius 3 is 3.00 bits per heavy atom. The maximum atomic E-state index is 12.6. The van der Waals surface area contributed by atoms with Crippen LogP contribution in [0.15, 0.2) is 27.7 Å². The van der Waals surface area contributed by atoms with Crippen LogP contribution in [0.4, 0.5) is 0 Å². The zero-order chi connectivity index (χ0) is 15.7. The normalized spacial score (nSPS) is 25.6. The van der Waals surface area contributed by atoms with Crippen molar-refractivity contribution in [2.75, 3.05) is 26.8 Å². The Hall–Kier alpha value is -1.60. The maximum Gasteiger partial charge on any atom is 0.264 e. The van der Waals surface area contributed by atoms with Gasteiger partial charge in [0.25, 0.3) is 5.91 Å². The smallest absolute Gasteiger partial charge is 0.264 e. The van der Waals surface area contributed by atoms with Gasteiger partial charge in [0.1, 0.15) is 5.75 Å². The minimum atomic E-state index is -0.573. The molecule has 0 bridgehead atoms. The van der Waals surface area contributed by atoms with Crippen LogP contribution in [0, 0.1) is 0 Å². The summed E-state index contributed by atoms with van der Waals surface area (Å²) in [6, 6.07) is 5.39. The summed E-state index contributed by atoms with van der Waals surface area (Å²) in [5.74, 6) is 0.480. The van der Waals surface area contributed by atoms with Crippen LogP contribution < -0.4 is 10.5 Å². The number of amides is 1. The SMILES string of the molecule is CN1C(=O)c2cc(Br)ccc2O[C@]2(CCCOC2)CN=C1N. The van der Waals surface area contributed by atoms with Crippen molar-refractivity contribution in [3.05, 3.63) is 28.2 Å². The number of rotatable bonds is 0. The molecule has 0 aliphatic carbocycles. The number of fused-ring (bicyclic) bond motifs is 1. The second kappa shape index (κ2) is 5.89. The summed E-state index contributed by atoms with van der Waals surface area (Å²) in [5, 5.41) is 0. The van der Waals surface area contributed by atoms with Gasteiger partial charge in [0.15, 0.2) is 11.6 Å². The summed E-state index contributed by atoms with van der Waals surface area (Å²) in [6.07, 6.45) is 1.71. The van der Waals surface area contributed by atoms with E-state index >= 15 is 0 Å². The molecule has 7 heteroatoms. The molecule has 0 unspecified atom stereocenters. The Bertz CT molecular complexity index is 626. The average Bonchev–Trinajstić information content (AvgIpc) is 2.56.